The van der Waals surface area contributed by atoms with Crippen molar-refractivity contribution in [3.05, 3.63) is 0 Å². The molecule has 1 atom stereocenters. The van der Waals surface area contributed by atoms with Crippen LogP contribution in [0.3, 0.4) is 0 Å². The molecular formula is C5H8FN. The Kier molecular flexibility index (Phi) is 3.31. The van der Waals surface area contributed by atoms with E-state index in [1.54, 1.807) is 0 Å². The van der Waals surface area contributed by atoms with Gasteiger partial charge in [0.2, 0.25) is 0 Å². The van der Waals surface area contributed by atoms with Crippen molar-refractivity contribution in [2.24, 2.45) is 0 Å². The molecule has 0 saturated carbocycles. The van der Waals surface area contributed by atoms with Gasteiger partial charge in [0.05, 0.1) is 12.2 Å². The quantitative estimate of drug-likeness (QED) is 0.518. The summed E-state index contributed by atoms with van der Waals surface area (Å²) in [4.78, 5) is 0. The van der Waals surface area contributed by atoms with E-state index in [1.165, 1.54) is 6.92 Å². The Bertz CT molecular complexity index is 72.6. The maximum Gasteiger partial charge on any atom is 0.0983 e. The van der Waals surface area contributed by atoms with E-state index in [0.717, 1.165) is 0 Å². The second-order valence-corrected chi connectivity index (χ2v) is 1.48. The first-order valence-corrected chi connectivity index (χ1v) is 2.28. The number of nitrogens with zero attached hydrogens (tertiary/aromatic N) is 1. The fraction of sp³-hybridized carbons (Fsp3) is 0.800. The zero-order valence-corrected chi connectivity index (χ0v) is 4.32. The Morgan fingerprint density at radius 1 is 1.86 bits per heavy atom. The molecule has 0 aliphatic heterocycles. The summed E-state index contributed by atoms with van der Waals surface area (Å²) >= 11 is 0. The Balaban J connectivity index is 2.86. The molecule has 0 spiro atoms. The fourth-order valence-corrected chi connectivity index (χ4v) is 0.263. The molecule has 1 unspecified atom stereocenters. The number of rotatable bonds is 2. The lowest BCUT2D eigenvalue weighted by Gasteiger charge is -1.90. The summed E-state index contributed by atoms with van der Waals surface area (Å²) in [7, 11) is 0. The fourth-order valence-electron chi connectivity index (χ4n) is 0.263. The van der Waals surface area contributed by atoms with Crippen LogP contribution < -0.4 is 0 Å². The SMILES string of the molecule is CC(F)CCC#N. The zero-order valence-electron chi connectivity index (χ0n) is 4.32. The summed E-state index contributed by atoms with van der Waals surface area (Å²) in [5.74, 6) is 0. The molecule has 0 fully saturated rings. The van der Waals surface area contributed by atoms with Gasteiger partial charge >= 0.3 is 0 Å². The summed E-state index contributed by atoms with van der Waals surface area (Å²) in [5, 5.41) is 7.90. The van der Waals surface area contributed by atoms with Crippen LogP contribution in [0.15, 0.2) is 0 Å². The summed E-state index contributed by atoms with van der Waals surface area (Å²) in [6.07, 6.45) is -0.117. The van der Waals surface area contributed by atoms with E-state index in [9.17, 15) is 4.39 Å². The molecule has 0 radical (unpaired) electrons. The molecule has 0 amide bonds. The summed E-state index contributed by atoms with van der Waals surface area (Å²) in [6.45, 7) is 1.46. The molecule has 0 aromatic heterocycles. The van der Waals surface area contributed by atoms with E-state index in [2.05, 4.69) is 0 Å². The summed E-state index contributed by atoms with van der Waals surface area (Å²) < 4.78 is 11.7. The van der Waals surface area contributed by atoms with Gasteiger partial charge < -0.3 is 0 Å². The zero-order chi connectivity index (χ0) is 5.70. The Morgan fingerprint density at radius 2 is 2.43 bits per heavy atom. The van der Waals surface area contributed by atoms with E-state index >= 15 is 0 Å². The van der Waals surface area contributed by atoms with Crippen molar-refractivity contribution >= 4 is 0 Å². The van der Waals surface area contributed by atoms with Gasteiger partial charge in [-0.3, -0.25) is 0 Å². The van der Waals surface area contributed by atoms with Crippen molar-refractivity contribution in [2.45, 2.75) is 25.9 Å². The highest BCUT2D eigenvalue weighted by Gasteiger charge is 1.93. The van der Waals surface area contributed by atoms with Crippen LogP contribution in [0, 0.1) is 11.3 Å². The number of nitriles is 1. The molecule has 0 aromatic carbocycles. The van der Waals surface area contributed by atoms with Crippen molar-refractivity contribution in [1.29, 1.82) is 5.26 Å². The predicted octanol–water partition coefficient (Wildman–Crippen LogP) is 1.65. The van der Waals surface area contributed by atoms with Gasteiger partial charge in [-0.25, -0.2) is 4.39 Å². The highest BCUT2D eigenvalue weighted by Crippen LogP contribution is 1.97. The Morgan fingerprint density at radius 3 is 2.57 bits per heavy atom. The van der Waals surface area contributed by atoms with Gasteiger partial charge in [-0.2, -0.15) is 5.26 Å². The second kappa shape index (κ2) is 3.60. The van der Waals surface area contributed by atoms with E-state index < -0.39 is 6.17 Å². The number of halogens is 1. The lowest BCUT2D eigenvalue weighted by molar-refractivity contribution is 0.344. The van der Waals surface area contributed by atoms with Crippen LogP contribution in [0.1, 0.15) is 19.8 Å². The van der Waals surface area contributed by atoms with E-state index in [0.29, 0.717) is 12.8 Å². The average Bonchev–Trinajstić information content (AvgIpc) is 1.61. The molecule has 0 N–H and O–H groups in total. The Hall–Kier alpha value is -0.580. The van der Waals surface area contributed by atoms with Crippen LogP contribution in [-0.2, 0) is 0 Å². The lowest BCUT2D eigenvalue weighted by atomic mass is 10.2. The largest absolute Gasteiger partial charge is 0.248 e. The monoisotopic (exact) mass is 101 g/mol. The molecule has 1 nitrogen and oxygen atoms in total. The molecule has 7 heavy (non-hydrogen) atoms. The smallest absolute Gasteiger partial charge is 0.0983 e. The van der Waals surface area contributed by atoms with Gasteiger partial charge in [-0.1, -0.05) is 0 Å². The van der Waals surface area contributed by atoms with Gasteiger partial charge in [0.25, 0.3) is 0 Å². The van der Waals surface area contributed by atoms with Crippen LogP contribution in [0.25, 0.3) is 0 Å². The van der Waals surface area contributed by atoms with E-state index in [1.807, 2.05) is 6.07 Å². The maximum atomic E-state index is 11.7. The third-order valence-electron chi connectivity index (χ3n) is 0.654. The van der Waals surface area contributed by atoms with Crippen molar-refractivity contribution < 1.29 is 4.39 Å². The van der Waals surface area contributed by atoms with Gasteiger partial charge in [0, 0.05) is 6.42 Å². The third kappa shape index (κ3) is 5.42. The molecule has 0 aliphatic carbocycles. The van der Waals surface area contributed by atoms with E-state index in [4.69, 9.17) is 5.26 Å². The highest BCUT2D eigenvalue weighted by molar-refractivity contribution is 4.69. The number of hydrogen-bond acceptors (Lipinski definition) is 1. The van der Waals surface area contributed by atoms with E-state index in [-0.39, 0.29) is 0 Å². The molecule has 0 bridgehead atoms. The molecule has 0 aliphatic rings. The number of alkyl halides is 1. The Labute approximate surface area is 42.8 Å². The molecule has 2 heteroatoms. The first kappa shape index (κ1) is 6.42. The molecule has 0 rings (SSSR count). The normalized spacial score (nSPS) is 12.7. The first-order chi connectivity index (χ1) is 3.27. The van der Waals surface area contributed by atoms with Crippen molar-refractivity contribution in [1.82, 2.24) is 0 Å². The van der Waals surface area contributed by atoms with Crippen molar-refractivity contribution in [2.75, 3.05) is 0 Å². The third-order valence-corrected chi connectivity index (χ3v) is 0.654. The second-order valence-electron chi connectivity index (χ2n) is 1.48. The highest BCUT2D eigenvalue weighted by atomic mass is 19.1. The minimum absolute atomic E-state index is 0.331. The minimum atomic E-state index is -0.820. The van der Waals surface area contributed by atoms with Gasteiger partial charge in [0.1, 0.15) is 0 Å². The molecule has 40 valence electrons. The molecule has 0 heterocycles. The summed E-state index contributed by atoms with van der Waals surface area (Å²) in [6, 6.07) is 1.86. The molecule has 0 aromatic rings. The van der Waals surface area contributed by atoms with Gasteiger partial charge in [-0.15, -0.1) is 0 Å². The van der Waals surface area contributed by atoms with Gasteiger partial charge in [0.15, 0.2) is 0 Å². The minimum Gasteiger partial charge on any atom is -0.248 e. The van der Waals surface area contributed by atoms with Crippen molar-refractivity contribution in [3.63, 3.8) is 0 Å². The first-order valence-electron chi connectivity index (χ1n) is 2.28. The van der Waals surface area contributed by atoms with Crippen LogP contribution in [0.4, 0.5) is 4.39 Å². The van der Waals surface area contributed by atoms with Crippen LogP contribution in [-0.4, -0.2) is 6.17 Å². The standard InChI is InChI=1S/C5H8FN/c1-5(6)3-2-4-7/h5H,2-3H2,1H3. The predicted molar refractivity (Wildman–Crippen MR) is 25.4 cm³/mol. The van der Waals surface area contributed by atoms with Crippen LogP contribution in [0.5, 0.6) is 0 Å². The summed E-state index contributed by atoms with van der Waals surface area (Å²) in [5.41, 5.74) is 0. The topological polar surface area (TPSA) is 23.8 Å². The van der Waals surface area contributed by atoms with Crippen molar-refractivity contribution in [3.8, 4) is 6.07 Å². The van der Waals surface area contributed by atoms with Crippen LogP contribution in [0.2, 0.25) is 0 Å². The number of hydrogen-bond donors (Lipinski definition) is 0. The maximum absolute atomic E-state index is 11.7. The lowest BCUT2D eigenvalue weighted by Crippen LogP contribution is -1.88. The van der Waals surface area contributed by atoms with Crippen LogP contribution >= 0.6 is 0 Å². The van der Waals surface area contributed by atoms with Gasteiger partial charge in [-0.05, 0) is 13.3 Å². The molecule has 0 saturated heterocycles. The average molecular weight is 101 g/mol. The molecular weight excluding hydrogens is 93.1 g/mol.